The quantitative estimate of drug-likeness (QED) is 0.201. The lowest BCUT2D eigenvalue weighted by Crippen LogP contribution is -2.19. The van der Waals surface area contributed by atoms with Crippen molar-refractivity contribution in [2.24, 2.45) is 0 Å². The summed E-state index contributed by atoms with van der Waals surface area (Å²) in [6.45, 7) is 2.06. The molecule has 5 nitrogen and oxygen atoms in total. The van der Waals surface area contributed by atoms with Crippen LogP contribution in [0, 0.1) is 0 Å². The van der Waals surface area contributed by atoms with Gasteiger partial charge < -0.3 is 10.6 Å². The molecule has 0 saturated heterocycles. The number of carbonyl (C=O) groups is 2. The molecule has 184 valence electrons. The molecular formula is C28H26ClN3O2S2. The molecule has 2 amide bonds. The summed E-state index contributed by atoms with van der Waals surface area (Å²) < 4.78 is 0. The van der Waals surface area contributed by atoms with Gasteiger partial charge in [-0.3, -0.25) is 9.59 Å². The number of benzene rings is 3. The van der Waals surface area contributed by atoms with E-state index in [2.05, 4.69) is 22.5 Å². The summed E-state index contributed by atoms with van der Waals surface area (Å²) in [5.41, 5.74) is 3.18. The highest BCUT2D eigenvalue weighted by atomic mass is 35.5. The number of unbranched alkanes of at least 4 members (excludes halogenated alkanes) is 1. The van der Waals surface area contributed by atoms with Gasteiger partial charge in [0, 0.05) is 33.0 Å². The molecule has 4 rings (SSSR count). The zero-order valence-corrected chi connectivity index (χ0v) is 22.1. The number of thioether (sulfide) groups is 1. The standard InChI is InChI=1S/C28H26ClN3O2S2/c1-2-3-13-25(33)30-20-14-16-21(17-15-20)36-26(19-9-5-4-6-10-19)27(34)32-28-31-24(18-35-28)22-11-7-8-12-23(22)29/h4-12,14-18,26H,2-3,13H2,1H3,(H,30,33)(H,31,32,34). The highest BCUT2D eigenvalue weighted by molar-refractivity contribution is 8.00. The lowest BCUT2D eigenvalue weighted by molar-refractivity contribution is -0.116. The number of carbonyl (C=O) groups excluding carboxylic acids is 2. The maximum Gasteiger partial charge on any atom is 0.244 e. The van der Waals surface area contributed by atoms with Crippen LogP contribution in [0.15, 0.2) is 89.1 Å². The van der Waals surface area contributed by atoms with Crippen LogP contribution in [0.4, 0.5) is 10.8 Å². The first-order chi connectivity index (χ1) is 17.5. The van der Waals surface area contributed by atoms with Gasteiger partial charge in [0.25, 0.3) is 0 Å². The molecular weight excluding hydrogens is 510 g/mol. The molecule has 0 bridgehead atoms. The predicted molar refractivity (Wildman–Crippen MR) is 151 cm³/mol. The van der Waals surface area contributed by atoms with E-state index in [1.54, 1.807) is 0 Å². The molecule has 1 heterocycles. The third kappa shape index (κ3) is 6.97. The summed E-state index contributed by atoms with van der Waals surface area (Å²) in [6, 6.07) is 24.7. The number of rotatable bonds is 10. The molecule has 1 unspecified atom stereocenters. The molecule has 0 aliphatic heterocycles. The second-order valence-corrected chi connectivity index (χ2v) is 10.5. The minimum atomic E-state index is -0.483. The van der Waals surface area contributed by atoms with Crippen LogP contribution in [0.3, 0.4) is 0 Å². The van der Waals surface area contributed by atoms with E-state index in [1.807, 2.05) is 84.2 Å². The van der Waals surface area contributed by atoms with Gasteiger partial charge in [-0.25, -0.2) is 4.98 Å². The average molecular weight is 536 g/mol. The molecule has 36 heavy (non-hydrogen) atoms. The van der Waals surface area contributed by atoms with Crippen molar-refractivity contribution in [3.63, 3.8) is 0 Å². The maximum absolute atomic E-state index is 13.4. The monoisotopic (exact) mass is 535 g/mol. The molecule has 8 heteroatoms. The Morgan fingerprint density at radius 1 is 0.972 bits per heavy atom. The SMILES string of the molecule is CCCCC(=O)Nc1ccc(SC(C(=O)Nc2nc(-c3ccccc3Cl)cs2)c2ccccc2)cc1. The van der Waals surface area contributed by atoms with Crippen molar-refractivity contribution >= 4 is 57.3 Å². The van der Waals surface area contributed by atoms with Crippen molar-refractivity contribution in [3.8, 4) is 11.3 Å². The molecule has 0 aliphatic rings. The van der Waals surface area contributed by atoms with Crippen molar-refractivity contribution in [1.82, 2.24) is 4.98 Å². The fourth-order valence-electron chi connectivity index (χ4n) is 3.51. The smallest absolute Gasteiger partial charge is 0.244 e. The Labute approximate surface area is 224 Å². The van der Waals surface area contributed by atoms with Crippen molar-refractivity contribution in [3.05, 3.63) is 94.8 Å². The Balaban J connectivity index is 1.48. The predicted octanol–water partition coefficient (Wildman–Crippen LogP) is 8.06. The Bertz CT molecular complexity index is 1310. The van der Waals surface area contributed by atoms with Crippen molar-refractivity contribution < 1.29 is 9.59 Å². The number of halogens is 1. The number of anilines is 2. The molecule has 0 fully saturated rings. The van der Waals surface area contributed by atoms with Crippen molar-refractivity contribution in [1.29, 1.82) is 0 Å². The largest absolute Gasteiger partial charge is 0.326 e. The molecule has 1 aromatic heterocycles. The van der Waals surface area contributed by atoms with E-state index in [4.69, 9.17) is 11.6 Å². The molecule has 0 spiro atoms. The first-order valence-electron chi connectivity index (χ1n) is 11.7. The Hall–Kier alpha value is -3.13. The Morgan fingerprint density at radius 2 is 1.69 bits per heavy atom. The van der Waals surface area contributed by atoms with E-state index in [-0.39, 0.29) is 11.8 Å². The zero-order chi connectivity index (χ0) is 25.3. The van der Waals surface area contributed by atoms with Crippen LogP contribution in [0.25, 0.3) is 11.3 Å². The molecule has 3 aromatic carbocycles. The summed E-state index contributed by atoms with van der Waals surface area (Å²) >= 11 is 9.12. The van der Waals surface area contributed by atoms with Gasteiger partial charge in [-0.05, 0) is 42.3 Å². The van der Waals surface area contributed by atoms with E-state index in [0.29, 0.717) is 16.6 Å². The van der Waals surface area contributed by atoms with Gasteiger partial charge >= 0.3 is 0 Å². The second kappa shape index (κ2) is 12.7. The van der Waals surface area contributed by atoms with Gasteiger partial charge in [-0.15, -0.1) is 23.1 Å². The number of amides is 2. The van der Waals surface area contributed by atoms with E-state index in [9.17, 15) is 9.59 Å². The van der Waals surface area contributed by atoms with Gasteiger partial charge in [0.2, 0.25) is 11.8 Å². The number of hydrogen-bond donors (Lipinski definition) is 2. The van der Waals surface area contributed by atoms with Crippen LogP contribution in [0.1, 0.15) is 37.0 Å². The lowest BCUT2D eigenvalue weighted by atomic mass is 10.1. The van der Waals surface area contributed by atoms with Gasteiger partial charge in [-0.2, -0.15) is 0 Å². The first-order valence-corrected chi connectivity index (χ1v) is 13.8. The fourth-order valence-corrected chi connectivity index (χ4v) is 5.48. The van der Waals surface area contributed by atoms with Gasteiger partial charge in [0.15, 0.2) is 5.13 Å². The number of hydrogen-bond acceptors (Lipinski definition) is 5. The minimum absolute atomic E-state index is 0.0124. The topological polar surface area (TPSA) is 71.1 Å². The van der Waals surface area contributed by atoms with Crippen LogP contribution >= 0.6 is 34.7 Å². The molecule has 0 aliphatic carbocycles. The number of aromatic nitrogens is 1. The molecule has 0 radical (unpaired) electrons. The highest BCUT2D eigenvalue weighted by Crippen LogP contribution is 2.37. The summed E-state index contributed by atoms with van der Waals surface area (Å²) in [7, 11) is 0. The van der Waals surface area contributed by atoms with E-state index < -0.39 is 5.25 Å². The number of nitrogens with zero attached hydrogens (tertiary/aromatic N) is 1. The lowest BCUT2D eigenvalue weighted by Gasteiger charge is -2.16. The van der Waals surface area contributed by atoms with E-state index >= 15 is 0 Å². The van der Waals surface area contributed by atoms with Crippen LogP contribution in [-0.2, 0) is 9.59 Å². The van der Waals surface area contributed by atoms with E-state index in [1.165, 1.54) is 23.1 Å². The third-order valence-electron chi connectivity index (χ3n) is 5.37. The molecule has 4 aromatic rings. The van der Waals surface area contributed by atoms with Crippen LogP contribution in [0.5, 0.6) is 0 Å². The molecule has 2 N–H and O–H groups in total. The fraction of sp³-hybridized carbons (Fsp3) is 0.179. The number of thiazole rings is 1. The Morgan fingerprint density at radius 3 is 2.42 bits per heavy atom. The summed E-state index contributed by atoms with van der Waals surface area (Å²) in [4.78, 5) is 30.9. The van der Waals surface area contributed by atoms with Crippen LogP contribution in [0.2, 0.25) is 5.02 Å². The van der Waals surface area contributed by atoms with Crippen molar-refractivity contribution in [2.75, 3.05) is 10.6 Å². The summed E-state index contributed by atoms with van der Waals surface area (Å²) in [5.74, 6) is -0.151. The Kier molecular flexibility index (Phi) is 9.17. The van der Waals surface area contributed by atoms with Crippen LogP contribution in [-0.4, -0.2) is 16.8 Å². The van der Waals surface area contributed by atoms with Crippen LogP contribution < -0.4 is 10.6 Å². The zero-order valence-electron chi connectivity index (χ0n) is 19.7. The third-order valence-corrected chi connectivity index (χ3v) is 7.73. The first kappa shape index (κ1) is 25.9. The molecule has 0 saturated carbocycles. The van der Waals surface area contributed by atoms with Crippen molar-refractivity contribution in [2.45, 2.75) is 36.3 Å². The summed E-state index contributed by atoms with van der Waals surface area (Å²) in [6.07, 6.45) is 2.36. The van der Waals surface area contributed by atoms with E-state index in [0.717, 1.165) is 40.2 Å². The van der Waals surface area contributed by atoms with Gasteiger partial charge in [-0.1, -0.05) is 73.5 Å². The average Bonchev–Trinajstić information content (AvgIpc) is 3.35. The normalized spacial score (nSPS) is 11.6. The van der Waals surface area contributed by atoms with Gasteiger partial charge in [0.1, 0.15) is 5.25 Å². The highest BCUT2D eigenvalue weighted by Gasteiger charge is 2.23. The maximum atomic E-state index is 13.4. The summed E-state index contributed by atoms with van der Waals surface area (Å²) in [5, 5.41) is 8.43. The van der Waals surface area contributed by atoms with Gasteiger partial charge in [0.05, 0.1) is 5.69 Å². The second-order valence-electron chi connectivity index (χ2n) is 8.09. The number of nitrogens with one attached hydrogen (secondary N) is 2. The minimum Gasteiger partial charge on any atom is -0.326 e. The molecule has 1 atom stereocenters.